The zero-order valence-electron chi connectivity index (χ0n) is 26.1. The van der Waals surface area contributed by atoms with Gasteiger partial charge < -0.3 is 15.2 Å². The largest absolute Gasteiger partial charge is 0.393 e. The fourth-order valence-electron chi connectivity index (χ4n) is 6.87. The van der Waals surface area contributed by atoms with Crippen LogP contribution in [0.15, 0.2) is 36.5 Å². The van der Waals surface area contributed by atoms with Gasteiger partial charge in [0.05, 0.1) is 11.8 Å². The van der Waals surface area contributed by atoms with E-state index < -0.39 is 12.6 Å². The van der Waals surface area contributed by atoms with Crippen molar-refractivity contribution in [3.8, 4) is 6.07 Å². The lowest BCUT2D eigenvalue weighted by Crippen LogP contribution is -2.39. The highest BCUT2D eigenvalue weighted by atomic mass is 32.1. The maximum atomic E-state index is 13.0. The highest BCUT2D eigenvalue weighted by Crippen LogP contribution is 2.34. The van der Waals surface area contributed by atoms with Gasteiger partial charge in [0.15, 0.2) is 0 Å². The highest BCUT2D eigenvalue weighted by molar-refractivity contribution is 7.18. The second-order valence-corrected chi connectivity index (χ2v) is 13.9. The molecular formula is C34H40F3N7S. The van der Waals surface area contributed by atoms with E-state index in [0.29, 0.717) is 39.4 Å². The van der Waals surface area contributed by atoms with Crippen molar-refractivity contribution in [2.45, 2.75) is 78.2 Å². The lowest BCUT2D eigenvalue weighted by molar-refractivity contribution is -0.126. The van der Waals surface area contributed by atoms with E-state index in [-0.39, 0.29) is 10.9 Å². The molecule has 11 heteroatoms. The minimum absolute atomic E-state index is 0.180. The number of nitriles is 1. The predicted molar refractivity (Wildman–Crippen MR) is 174 cm³/mol. The Morgan fingerprint density at radius 2 is 1.93 bits per heavy atom. The van der Waals surface area contributed by atoms with Crippen molar-refractivity contribution in [2.75, 3.05) is 25.0 Å². The normalized spacial score (nSPS) is 19.1. The molecule has 5 heterocycles. The Bertz CT molecular complexity index is 1750. The second kappa shape index (κ2) is 12.6. The zero-order valence-corrected chi connectivity index (χ0v) is 26.9. The monoisotopic (exact) mass is 635 g/mol. The topological polar surface area (TPSA) is 81.8 Å². The molecular weight excluding hydrogens is 595 g/mol. The number of anilines is 1. The van der Waals surface area contributed by atoms with E-state index >= 15 is 0 Å². The van der Waals surface area contributed by atoms with Gasteiger partial charge in [0.25, 0.3) is 0 Å². The van der Waals surface area contributed by atoms with Gasteiger partial charge in [-0.05, 0) is 80.7 Å². The van der Waals surface area contributed by atoms with Crippen LogP contribution in [0.1, 0.15) is 60.1 Å². The van der Waals surface area contributed by atoms with Crippen LogP contribution in [-0.2, 0) is 19.5 Å². The summed E-state index contributed by atoms with van der Waals surface area (Å²) in [5, 5.41) is 18.7. The number of halogens is 3. The van der Waals surface area contributed by atoms with E-state index in [4.69, 9.17) is 0 Å². The first kappa shape index (κ1) is 31.4. The average Bonchev–Trinajstić information content (AvgIpc) is 3.55. The molecule has 6 rings (SSSR count). The first-order chi connectivity index (χ1) is 21.5. The minimum atomic E-state index is -4.25. The molecule has 2 atom stereocenters. The van der Waals surface area contributed by atoms with E-state index in [1.165, 1.54) is 11.1 Å². The number of benzene rings is 1. The van der Waals surface area contributed by atoms with Gasteiger partial charge in [0, 0.05) is 60.2 Å². The summed E-state index contributed by atoms with van der Waals surface area (Å²) in [7, 11) is 0. The third-order valence-corrected chi connectivity index (χ3v) is 10.6. The molecule has 0 amide bonds. The molecule has 0 radical (unpaired) electrons. The second-order valence-electron chi connectivity index (χ2n) is 12.8. The fourth-order valence-corrected chi connectivity index (χ4v) is 7.98. The Balaban J connectivity index is 1.11. The summed E-state index contributed by atoms with van der Waals surface area (Å²) in [6.45, 7) is 14.7. The molecule has 1 unspecified atom stereocenters. The summed E-state index contributed by atoms with van der Waals surface area (Å²) in [4.78, 5) is 12.2. The summed E-state index contributed by atoms with van der Waals surface area (Å²) < 4.78 is 41.2. The molecule has 2 aliphatic heterocycles. The number of aryl methyl sites for hydroxylation is 2. The van der Waals surface area contributed by atoms with Crippen LogP contribution < -0.4 is 10.6 Å². The van der Waals surface area contributed by atoms with E-state index in [1.807, 2.05) is 6.07 Å². The first-order valence-corrected chi connectivity index (χ1v) is 16.5. The molecule has 3 aromatic heterocycles. The standard InChI is InChI=1S/C34H40F3N7S/c1-20(24-6-5-21(2)39-17-24)18-44-27(16-38)13-29-22(3)25(7-8-31(29)44)19-43-11-9-26(10-12-43)42-32-30-14-28(15-34(35,36)37)45-33(30)41-23(4)40-32/h7-8,13-14,20,24,26,39H,2,5-6,9-12,15,17-19H2,1,3-4H3,(H,40,41,42)/t20-,24?/m0/s1. The molecule has 2 N–H and O–H groups in total. The van der Waals surface area contributed by atoms with E-state index in [1.54, 1.807) is 13.0 Å². The Morgan fingerprint density at radius 1 is 1.16 bits per heavy atom. The number of alkyl halides is 3. The summed E-state index contributed by atoms with van der Waals surface area (Å²) in [5.74, 6) is 2.17. The molecule has 0 aliphatic carbocycles. The Hall–Kier alpha value is -3.62. The number of aromatic nitrogens is 3. The van der Waals surface area contributed by atoms with Crippen molar-refractivity contribution in [2.24, 2.45) is 11.8 Å². The van der Waals surface area contributed by atoms with Gasteiger partial charge in [0.1, 0.15) is 28.2 Å². The number of rotatable bonds is 8. The molecule has 2 saturated heterocycles. The lowest BCUT2D eigenvalue weighted by Gasteiger charge is -2.33. The van der Waals surface area contributed by atoms with Gasteiger partial charge in [-0.1, -0.05) is 19.6 Å². The number of hydrogen-bond acceptors (Lipinski definition) is 7. The number of thiophene rings is 1. The number of hydrogen-bond donors (Lipinski definition) is 2. The summed E-state index contributed by atoms with van der Waals surface area (Å²) in [5.41, 5.74) is 5.43. The maximum Gasteiger partial charge on any atom is 0.393 e. The smallest absolute Gasteiger partial charge is 0.389 e. The van der Waals surface area contributed by atoms with Crippen molar-refractivity contribution >= 4 is 38.3 Å². The van der Waals surface area contributed by atoms with Gasteiger partial charge >= 0.3 is 6.18 Å². The molecule has 238 valence electrons. The first-order valence-electron chi connectivity index (χ1n) is 15.7. The maximum absolute atomic E-state index is 13.0. The molecule has 2 aliphatic rings. The molecule has 2 fully saturated rings. The Labute approximate surface area is 266 Å². The number of piperidine rings is 2. The highest BCUT2D eigenvalue weighted by Gasteiger charge is 2.30. The Morgan fingerprint density at radius 3 is 2.62 bits per heavy atom. The van der Waals surface area contributed by atoms with Crippen LogP contribution in [0.3, 0.4) is 0 Å². The average molecular weight is 636 g/mol. The predicted octanol–water partition coefficient (Wildman–Crippen LogP) is 7.47. The number of allylic oxidation sites excluding steroid dienone is 1. The molecule has 0 spiro atoms. The molecule has 4 aromatic rings. The van der Waals surface area contributed by atoms with E-state index in [9.17, 15) is 18.4 Å². The van der Waals surface area contributed by atoms with Gasteiger partial charge in [-0.3, -0.25) is 4.90 Å². The molecule has 1 aromatic carbocycles. The number of fused-ring (bicyclic) bond motifs is 2. The van der Waals surface area contributed by atoms with Crippen molar-refractivity contribution in [1.82, 2.24) is 24.8 Å². The van der Waals surface area contributed by atoms with Crippen molar-refractivity contribution in [3.05, 3.63) is 64.1 Å². The minimum Gasteiger partial charge on any atom is -0.389 e. The van der Waals surface area contributed by atoms with E-state index in [0.717, 1.165) is 86.3 Å². The third-order valence-electron chi connectivity index (χ3n) is 9.54. The number of nitrogens with one attached hydrogen (secondary N) is 2. The van der Waals surface area contributed by atoms with Gasteiger partial charge in [-0.25, -0.2) is 9.97 Å². The van der Waals surface area contributed by atoms with Crippen molar-refractivity contribution in [3.63, 3.8) is 0 Å². The zero-order chi connectivity index (χ0) is 31.9. The van der Waals surface area contributed by atoms with Crippen LogP contribution in [-0.4, -0.2) is 51.3 Å². The lowest BCUT2D eigenvalue weighted by atomic mass is 9.86. The summed E-state index contributed by atoms with van der Waals surface area (Å²) in [6, 6.07) is 10.6. The van der Waals surface area contributed by atoms with Gasteiger partial charge in [0.2, 0.25) is 0 Å². The van der Waals surface area contributed by atoms with Gasteiger partial charge in [-0.15, -0.1) is 11.3 Å². The van der Waals surface area contributed by atoms with Crippen LogP contribution in [0.5, 0.6) is 0 Å². The molecule has 0 bridgehead atoms. The fraction of sp³-hybridized carbons (Fsp3) is 0.500. The summed E-state index contributed by atoms with van der Waals surface area (Å²) >= 11 is 1.09. The Kier molecular flexibility index (Phi) is 8.81. The van der Waals surface area contributed by atoms with Crippen LogP contribution in [0, 0.1) is 37.0 Å². The molecule has 45 heavy (non-hydrogen) atoms. The van der Waals surface area contributed by atoms with Crippen LogP contribution in [0.2, 0.25) is 0 Å². The van der Waals surface area contributed by atoms with Crippen molar-refractivity contribution in [1.29, 1.82) is 5.26 Å². The van der Waals surface area contributed by atoms with E-state index in [2.05, 4.69) is 68.7 Å². The third kappa shape index (κ3) is 6.97. The van der Waals surface area contributed by atoms with Crippen LogP contribution >= 0.6 is 11.3 Å². The van der Waals surface area contributed by atoms with Crippen molar-refractivity contribution < 1.29 is 13.2 Å². The number of likely N-dealkylation sites (tertiary alicyclic amines) is 1. The molecule has 0 saturated carbocycles. The molecule has 7 nitrogen and oxygen atoms in total. The summed E-state index contributed by atoms with van der Waals surface area (Å²) in [6.07, 6.45) is -1.26. The van der Waals surface area contributed by atoms with Gasteiger partial charge in [-0.2, -0.15) is 18.4 Å². The number of nitrogens with zero attached hydrogens (tertiary/aromatic N) is 5. The van der Waals surface area contributed by atoms with Crippen LogP contribution in [0.25, 0.3) is 21.1 Å². The quantitative estimate of drug-likeness (QED) is 0.209. The SMILES string of the molecule is C=C1CCC([C@@H](C)Cn2c(C#N)cc3c(C)c(CN4CCC(Nc5nc(C)nc6sc(CC(F)(F)F)cc56)CC4)ccc32)CN1. The van der Waals surface area contributed by atoms with Crippen LogP contribution in [0.4, 0.5) is 19.0 Å².